The Kier molecular flexibility index (Phi) is 5.69. The largest absolute Gasteiger partial charge is 0.212 e. The molecule has 0 fully saturated rings. The SMILES string of the molecule is CCC(CC)c1ccc(C)c(-c2cc([Si](C)(C)C)c(C)c[n+]2C)c1. The molecule has 2 heteroatoms. The highest BCUT2D eigenvalue weighted by atomic mass is 28.3. The summed E-state index contributed by atoms with van der Waals surface area (Å²) in [6.45, 7) is 16.4. The zero-order valence-electron chi connectivity index (χ0n) is 16.8. The number of hydrogen-bond acceptors (Lipinski definition) is 0. The van der Waals surface area contributed by atoms with Gasteiger partial charge in [-0.2, -0.15) is 0 Å². The molecule has 0 bridgehead atoms. The summed E-state index contributed by atoms with van der Waals surface area (Å²) < 4.78 is 2.30. The minimum Gasteiger partial charge on any atom is -0.201 e. The fourth-order valence-electron chi connectivity index (χ4n) is 3.79. The fourth-order valence-corrected chi connectivity index (χ4v) is 5.60. The van der Waals surface area contributed by atoms with Gasteiger partial charge in [0, 0.05) is 17.2 Å². The third-order valence-electron chi connectivity index (χ3n) is 5.28. The van der Waals surface area contributed by atoms with Gasteiger partial charge in [-0.15, -0.1) is 0 Å². The third-order valence-corrected chi connectivity index (χ3v) is 7.43. The molecule has 0 unspecified atom stereocenters. The van der Waals surface area contributed by atoms with Crippen molar-refractivity contribution in [2.75, 3.05) is 0 Å². The van der Waals surface area contributed by atoms with E-state index in [1.807, 2.05) is 0 Å². The molecule has 1 nitrogen and oxygen atoms in total. The van der Waals surface area contributed by atoms with Crippen molar-refractivity contribution < 1.29 is 4.57 Å². The first-order valence-corrected chi connectivity index (χ1v) is 12.8. The maximum Gasteiger partial charge on any atom is 0.212 e. The zero-order chi connectivity index (χ0) is 18.1. The zero-order valence-corrected chi connectivity index (χ0v) is 17.8. The smallest absolute Gasteiger partial charge is 0.201 e. The highest BCUT2D eigenvalue weighted by Gasteiger charge is 2.24. The Hall–Kier alpha value is -1.41. The second-order valence-electron chi connectivity index (χ2n) is 8.20. The highest BCUT2D eigenvalue weighted by Crippen LogP contribution is 2.29. The molecule has 1 heterocycles. The van der Waals surface area contributed by atoms with Gasteiger partial charge >= 0.3 is 0 Å². The van der Waals surface area contributed by atoms with E-state index >= 15 is 0 Å². The molecule has 0 radical (unpaired) electrons. The summed E-state index contributed by atoms with van der Waals surface area (Å²) in [6.07, 6.45) is 4.73. The van der Waals surface area contributed by atoms with Crippen LogP contribution in [-0.4, -0.2) is 8.07 Å². The van der Waals surface area contributed by atoms with Crippen molar-refractivity contribution in [2.24, 2.45) is 7.05 Å². The Labute approximate surface area is 149 Å². The summed E-state index contributed by atoms with van der Waals surface area (Å²) in [5, 5.41) is 1.57. The van der Waals surface area contributed by atoms with Gasteiger partial charge in [0.25, 0.3) is 0 Å². The van der Waals surface area contributed by atoms with Crippen molar-refractivity contribution in [3.8, 4) is 11.3 Å². The lowest BCUT2D eigenvalue weighted by atomic mass is 9.90. The number of aryl methyl sites for hydroxylation is 3. The standard InChI is InChI=1S/C22H34NSi/c1-9-18(10-2)19-12-11-16(3)20(13-19)21-14-22(24(6,7)8)17(4)15-23(21)5/h11-15,18H,9-10H2,1-8H3/q+1. The average molecular weight is 341 g/mol. The van der Waals surface area contributed by atoms with Crippen molar-refractivity contribution in [1.29, 1.82) is 0 Å². The lowest BCUT2D eigenvalue weighted by molar-refractivity contribution is -0.660. The Balaban J connectivity index is 2.65. The quantitative estimate of drug-likeness (QED) is 0.517. The van der Waals surface area contributed by atoms with E-state index in [0.717, 1.165) is 0 Å². The topological polar surface area (TPSA) is 3.88 Å². The lowest BCUT2D eigenvalue weighted by Crippen LogP contribution is -2.44. The summed E-state index contributed by atoms with van der Waals surface area (Å²) >= 11 is 0. The molecule has 0 aliphatic carbocycles. The highest BCUT2D eigenvalue weighted by molar-refractivity contribution is 6.89. The van der Waals surface area contributed by atoms with Crippen LogP contribution in [0.25, 0.3) is 11.3 Å². The maximum atomic E-state index is 2.46. The molecular formula is C22H34NSi+. The van der Waals surface area contributed by atoms with Crippen molar-refractivity contribution in [1.82, 2.24) is 0 Å². The van der Waals surface area contributed by atoms with Crippen LogP contribution >= 0.6 is 0 Å². The van der Waals surface area contributed by atoms with E-state index in [0.29, 0.717) is 5.92 Å². The molecule has 130 valence electrons. The van der Waals surface area contributed by atoms with Crippen LogP contribution in [0.15, 0.2) is 30.5 Å². The summed E-state index contributed by atoms with van der Waals surface area (Å²) in [4.78, 5) is 0. The minimum absolute atomic E-state index is 0.663. The van der Waals surface area contributed by atoms with Gasteiger partial charge in [0.2, 0.25) is 5.69 Å². The summed E-state index contributed by atoms with van der Waals surface area (Å²) in [6, 6.07) is 9.52. The van der Waals surface area contributed by atoms with Gasteiger partial charge in [-0.05, 0) is 55.0 Å². The predicted molar refractivity (Wildman–Crippen MR) is 109 cm³/mol. The Morgan fingerprint density at radius 2 is 1.58 bits per heavy atom. The molecule has 0 atom stereocenters. The van der Waals surface area contributed by atoms with E-state index in [2.05, 4.69) is 89.4 Å². The van der Waals surface area contributed by atoms with Crippen molar-refractivity contribution in [3.63, 3.8) is 0 Å². The van der Waals surface area contributed by atoms with Crippen LogP contribution in [0.5, 0.6) is 0 Å². The van der Waals surface area contributed by atoms with Gasteiger partial charge in [0.1, 0.15) is 7.05 Å². The average Bonchev–Trinajstić information content (AvgIpc) is 2.49. The maximum absolute atomic E-state index is 2.46. The van der Waals surface area contributed by atoms with Crippen molar-refractivity contribution in [3.05, 3.63) is 47.2 Å². The van der Waals surface area contributed by atoms with E-state index in [-0.39, 0.29) is 0 Å². The lowest BCUT2D eigenvalue weighted by Gasteiger charge is -2.20. The Bertz CT molecular complexity index is 721. The van der Waals surface area contributed by atoms with Crippen LogP contribution in [-0.2, 0) is 7.05 Å². The normalized spacial score (nSPS) is 12.0. The van der Waals surface area contributed by atoms with Gasteiger partial charge in [0.15, 0.2) is 6.20 Å². The second-order valence-corrected chi connectivity index (χ2v) is 13.2. The van der Waals surface area contributed by atoms with E-state index in [1.165, 1.54) is 40.8 Å². The number of hydrogen-bond donors (Lipinski definition) is 0. The first-order valence-electron chi connectivity index (χ1n) is 9.30. The van der Waals surface area contributed by atoms with Crippen LogP contribution in [0.1, 0.15) is 49.3 Å². The van der Waals surface area contributed by atoms with Crippen LogP contribution in [0.4, 0.5) is 0 Å². The number of rotatable bonds is 5. The number of nitrogens with zero attached hydrogens (tertiary/aromatic N) is 1. The summed E-state index contributed by atoms with van der Waals surface area (Å²) in [5.74, 6) is 0.663. The third kappa shape index (κ3) is 3.80. The molecule has 0 spiro atoms. The fraction of sp³-hybridized carbons (Fsp3) is 0.500. The molecule has 0 saturated heterocycles. The van der Waals surface area contributed by atoms with Gasteiger partial charge in [-0.1, -0.05) is 45.6 Å². The first kappa shape index (κ1) is 18.9. The molecule has 0 aliphatic rings. The number of benzene rings is 1. The molecule has 0 aliphatic heterocycles. The van der Waals surface area contributed by atoms with Crippen LogP contribution in [0.3, 0.4) is 0 Å². The van der Waals surface area contributed by atoms with E-state index in [4.69, 9.17) is 0 Å². The van der Waals surface area contributed by atoms with Gasteiger partial charge < -0.3 is 0 Å². The van der Waals surface area contributed by atoms with Gasteiger partial charge in [-0.3, -0.25) is 0 Å². The monoisotopic (exact) mass is 340 g/mol. The molecule has 24 heavy (non-hydrogen) atoms. The number of aromatic nitrogens is 1. The van der Waals surface area contributed by atoms with E-state index < -0.39 is 8.07 Å². The van der Waals surface area contributed by atoms with E-state index in [1.54, 1.807) is 5.19 Å². The molecular weight excluding hydrogens is 306 g/mol. The first-order chi connectivity index (χ1) is 11.2. The molecule has 0 N–H and O–H groups in total. The minimum atomic E-state index is -1.34. The summed E-state index contributed by atoms with van der Waals surface area (Å²) in [7, 11) is 0.835. The molecule has 0 amide bonds. The van der Waals surface area contributed by atoms with Crippen LogP contribution < -0.4 is 9.75 Å². The van der Waals surface area contributed by atoms with Gasteiger partial charge in [-0.25, -0.2) is 4.57 Å². The van der Waals surface area contributed by atoms with Gasteiger partial charge in [0.05, 0.1) is 8.07 Å². The molecule has 0 saturated carbocycles. The number of pyridine rings is 1. The summed E-state index contributed by atoms with van der Waals surface area (Å²) in [5.41, 5.74) is 7.01. The molecule has 2 rings (SSSR count). The van der Waals surface area contributed by atoms with Crippen LogP contribution in [0.2, 0.25) is 19.6 Å². The Morgan fingerprint density at radius 1 is 0.958 bits per heavy atom. The van der Waals surface area contributed by atoms with Crippen LogP contribution in [0, 0.1) is 13.8 Å². The predicted octanol–water partition coefficient (Wildman–Crippen LogP) is 5.24. The van der Waals surface area contributed by atoms with Crippen molar-refractivity contribution >= 4 is 13.3 Å². The molecule has 1 aromatic carbocycles. The molecule has 2 aromatic rings. The van der Waals surface area contributed by atoms with Crippen molar-refractivity contribution in [2.45, 2.75) is 66.1 Å². The van der Waals surface area contributed by atoms with E-state index in [9.17, 15) is 0 Å². The Morgan fingerprint density at radius 3 is 2.12 bits per heavy atom. The second kappa shape index (κ2) is 7.22. The molecule has 1 aromatic heterocycles.